The molecule has 1 aromatic rings. The predicted octanol–water partition coefficient (Wildman–Crippen LogP) is 3.67. The molecule has 16 heavy (non-hydrogen) atoms. The Morgan fingerprint density at radius 1 is 1.19 bits per heavy atom. The molecular weight excluding hydrogens is 198 g/mol. The fourth-order valence-electron chi connectivity index (χ4n) is 2.04. The number of hydrogen-bond acceptors (Lipinski definition) is 2. The summed E-state index contributed by atoms with van der Waals surface area (Å²) in [5.74, 6) is 0.349. The van der Waals surface area contributed by atoms with Gasteiger partial charge >= 0.3 is 0 Å². The summed E-state index contributed by atoms with van der Waals surface area (Å²) in [6.07, 6.45) is 4.01. The smallest absolute Gasteiger partial charge is 0.168 e. The molecule has 2 N–H and O–H groups in total. The Labute approximate surface area is 97.9 Å². The molecule has 0 saturated carbocycles. The number of carbonyl (C=O) groups is 1. The van der Waals surface area contributed by atoms with Crippen LogP contribution in [-0.4, -0.2) is 5.78 Å². The summed E-state index contributed by atoms with van der Waals surface area (Å²) >= 11 is 0. The standard InChI is InChI=1S/C14H21NO/c1-3-7-11(8-4-2)14(16)12-9-5-6-10-13(12)15/h5-6,9-11H,3-4,7-8,15H2,1-2H3. The Bertz CT molecular complexity index is 340. The van der Waals surface area contributed by atoms with Gasteiger partial charge in [-0.05, 0) is 25.0 Å². The molecule has 1 aromatic carbocycles. The van der Waals surface area contributed by atoms with Crippen LogP contribution in [0.1, 0.15) is 49.9 Å². The zero-order valence-corrected chi connectivity index (χ0v) is 10.2. The summed E-state index contributed by atoms with van der Waals surface area (Å²) in [6.45, 7) is 4.23. The van der Waals surface area contributed by atoms with E-state index in [0.29, 0.717) is 11.3 Å². The van der Waals surface area contributed by atoms with Gasteiger partial charge in [-0.2, -0.15) is 0 Å². The normalized spacial score (nSPS) is 10.7. The molecule has 1 rings (SSSR count). The molecule has 0 saturated heterocycles. The number of para-hydroxylation sites is 1. The van der Waals surface area contributed by atoms with Crippen molar-refractivity contribution in [2.75, 3.05) is 5.73 Å². The molecule has 0 fully saturated rings. The van der Waals surface area contributed by atoms with Crippen LogP contribution in [0.15, 0.2) is 24.3 Å². The number of anilines is 1. The first-order chi connectivity index (χ1) is 7.70. The van der Waals surface area contributed by atoms with Crippen LogP contribution in [0.25, 0.3) is 0 Å². The van der Waals surface area contributed by atoms with Gasteiger partial charge in [0, 0.05) is 17.2 Å². The minimum atomic E-state index is 0.139. The number of ketones is 1. The molecule has 0 atom stereocenters. The molecule has 0 aliphatic rings. The summed E-state index contributed by atoms with van der Waals surface area (Å²) in [5, 5.41) is 0. The highest BCUT2D eigenvalue weighted by molar-refractivity contribution is 6.02. The summed E-state index contributed by atoms with van der Waals surface area (Å²) < 4.78 is 0. The van der Waals surface area contributed by atoms with Crippen molar-refractivity contribution >= 4 is 11.5 Å². The third-order valence-corrected chi connectivity index (χ3v) is 2.87. The lowest BCUT2D eigenvalue weighted by molar-refractivity contribution is 0.0906. The van der Waals surface area contributed by atoms with Gasteiger partial charge in [0.25, 0.3) is 0 Å². The van der Waals surface area contributed by atoms with Crippen molar-refractivity contribution in [2.24, 2.45) is 5.92 Å². The maximum atomic E-state index is 12.3. The van der Waals surface area contributed by atoms with Crippen LogP contribution in [0.5, 0.6) is 0 Å². The van der Waals surface area contributed by atoms with Gasteiger partial charge in [-0.15, -0.1) is 0 Å². The predicted molar refractivity (Wildman–Crippen MR) is 68.5 cm³/mol. The van der Waals surface area contributed by atoms with Crippen LogP contribution in [0, 0.1) is 5.92 Å². The first-order valence-corrected chi connectivity index (χ1v) is 6.09. The fourth-order valence-corrected chi connectivity index (χ4v) is 2.04. The van der Waals surface area contributed by atoms with Gasteiger partial charge in [0.15, 0.2) is 5.78 Å². The molecule has 2 heteroatoms. The lowest BCUT2D eigenvalue weighted by Gasteiger charge is -2.15. The van der Waals surface area contributed by atoms with Gasteiger partial charge < -0.3 is 5.73 Å². The SMILES string of the molecule is CCCC(CCC)C(=O)c1ccccc1N. The van der Waals surface area contributed by atoms with E-state index in [9.17, 15) is 4.79 Å². The van der Waals surface area contributed by atoms with E-state index in [0.717, 1.165) is 25.7 Å². The highest BCUT2D eigenvalue weighted by Crippen LogP contribution is 2.22. The van der Waals surface area contributed by atoms with E-state index < -0.39 is 0 Å². The van der Waals surface area contributed by atoms with Gasteiger partial charge in [0.1, 0.15) is 0 Å². The maximum Gasteiger partial charge on any atom is 0.168 e. The van der Waals surface area contributed by atoms with E-state index >= 15 is 0 Å². The minimum Gasteiger partial charge on any atom is -0.398 e. The quantitative estimate of drug-likeness (QED) is 0.586. The highest BCUT2D eigenvalue weighted by atomic mass is 16.1. The molecule has 0 radical (unpaired) electrons. The van der Waals surface area contributed by atoms with Crippen molar-refractivity contribution in [1.29, 1.82) is 0 Å². The average molecular weight is 219 g/mol. The highest BCUT2D eigenvalue weighted by Gasteiger charge is 2.19. The third kappa shape index (κ3) is 3.09. The second-order valence-corrected chi connectivity index (χ2v) is 4.23. The van der Waals surface area contributed by atoms with E-state index in [1.807, 2.05) is 18.2 Å². The van der Waals surface area contributed by atoms with Gasteiger partial charge in [0.05, 0.1) is 0 Å². The Morgan fingerprint density at radius 2 is 1.75 bits per heavy atom. The summed E-state index contributed by atoms with van der Waals surface area (Å²) in [6, 6.07) is 7.36. The van der Waals surface area contributed by atoms with Gasteiger partial charge in [-0.25, -0.2) is 0 Å². The second kappa shape index (κ2) is 6.31. The van der Waals surface area contributed by atoms with E-state index in [1.165, 1.54) is 0 Å². The topological polar surface area (TPSA) is 43.1 Å². The van der Waals surface area contributed by atoms with E-state index in [2.05, 4.69) is 13.8 Å². The first-order valence-electron chi connectivity index (χ1n) is 6.09. The molecule has 0 aliphatic carbocycles. The van der Waals surface area contributed by atoms with E-state index in [4.69, 9.17) is 5.73 Å². The van der Waals surface area contributed by atoms with Crippen LogP contribution in [0.4, 0.5) is 5.69 Å². The molecule has 0 aliphatic heterocycles. The van der Waals surface area contributed by atoms with E-state index in [-0.39, 0.29) is 11.7 Å². The molecule has 0 aromatic heterocycles. The van der Waals surface area contributed by atoms with Crippen molar-refractivity contribution in [3.8, 4) is 0 Å². The molecule has 0 amide bonds. The van der Waals surface area contributed by atoms with Crippen molar-refractivity contribution in [1.82, 2.24) is 0 Å². The van der Waals surface area contributed by atoms with Crippen LogP contribution in [0.2, 0.25) is 0 Å². The monoisotopic (exact) mass is 219 g/mol. The van der Waals surface area contributed by atoms with Crippen LogP contribution < -0.4 is 5.73 Å². The lowest BCUT2D eigenvalue weighted by atomic mass is 9.89. The third-order valence-electron chi connectivity index (χ3n) is 2.87. The minimum absolute atomic E-state index is 0.139. The first kappa shape index (κ1) is 12.8. The Hall–Kier alpha value is -1.31. The number of rotatable bonds is 6. The molecular formula is C14H21NO. The molecule has 0 heterocycles. The second-order valence-electron chi connectivity index (χ2n) is 4.23. The van der Waals surface area contributed by atoms with Crippen molar-refractivity contribution < 1.29 is 4.79 Å². The molecule has 0 unspecified atom stereocenters. The molecule has 0 bridgehead atoms. The van der Waals surface area contributed by atoms with E-state index in [1.54, 1.807) is 6.07 Å². The zero-order valence-electron chi connectivity index (χ0n) is 10.2. The number of carbonyl (C=O) groups excluding carboxylic acids is 1. The van der Waals surface area contributed by atoms with Gasteiger partial charge in [-0.3, -0.25) is 4.79 Å². The van der Waals surface area contributed by atoms with Crippen LogP contribution >= 0.6 is 0 Å². The summed E-state index contributed by atoms with van der Waals surface area (Å²) in [7, 11) is 0. The Balaban J connectivity index is 2.85. The van der Waals surface area contributed by atoms with Crippen molar-refractivity contribution in [3.63, 3.8) is 0 Å². The zero-order chi connectivity index (χ0) is 12.0. The average Bonchev–Trinajstić information content (AvgIpc) is 2.28. The summed E-state index contributed by atoms with van der Waals surface area (Å²) in [5.41, 5.74) is 7.12. The Kier molecular flexibility index (Phi) is 5.03. The van der Waals surface area contributed by atoms with Gasteiger partial charge in [-0.1, -0.05) is 38.8 Å². The fraction of sp³-hybridized carbons (Fsp3) is 0.500. The molecule has 88 valence electrons. The van der Waals surface area contributed by atoms with Crippen molar-refractivity contribution in [2.45, 2.75) is 39.5 Å². The lowest BCUT2D eigenvalue weighted by Crippen LogP contribution is -2.16. The largest absolute Gasteiger partial charge is 0.398 e. The number of Topliss-reactive ketones (excluding diaryl/α,β-unsaturated/α-hetero) is 1. The number of hydrogen-bond donors (Lipinski definition) is 1. The van der Waals surface area contributed by atoms with Gasteiger partial charge in [0.2, 0.25) is 0 Å². The number of benzene rings is 1. The van der Waals surface area contributed by atoms with Crippen molar-refractivity contribution in [3.05, 3.63) is 29.8 Å². The van der Waals surface area contributed by atoms with Crippen LogP contribution in [0.3, 0.4) is 0 Å². The Morgan fingerprint density at radius 3 is 2.25 bits per heavy atom. The number of nitrogen functional groups attached to an aromatic ring is 1. The molecule has 0 spiro atoms. The molecule has 2 nitrogen and oxygen atoms in total. The number of nitrogens with two attached hydrogens (primary N) is 1. The maximum absolute atomic E-state index is 12.3. The van der Waals surface area contributed by atoms with Crippen LogP contribution in [-0.2, 0) is 0 Å². The summed E-state index contributed by atoms with van der Waals surface area (Å²) in [4.78, 5) is 12.3.